The maximum Gasteiger partial charge on any atom is 0.138 e. The summed E-state index contributed by atoms with van der Waals surface area (Å²) in [5.74, 6) is 0. The van der Waals surface area contributed by atoms with Crippen molar-refractivity contribution in [1.82, 2.24) is 0 Å². The van der Waals surface area contributed by atoms with Crippen LogP contribution in [0.2, 0.25) is 0 Å². The lowest BCUT2D eigenvalue weighted by Crippen LogP contribution is -1.89. The van der Waals surface area contributed by atoms with Crippen LogP contribution in [0.25, 0.3) is 37.6 Å². The summed E-state index contributed by atoms with van der Waals surface area (Å²) < 4.78 is 2.41. The van der Waals surface area contributed by atoms with E-state index in [-0.39, 0.29) is 5.57 Å². The maximum absolute atomic E-state index is 10.1. The van der Waals surface area contributed by atoms with Gasteiger partial charge in [0.15, 0.2) is 0 Å². The SMILES string of the molecule is CCCCCCCCCCc1cc(-c2ccc3c(c2)C(=C(C#N)C#N)c2cc(-c4cc(CCCCCCCCCC)c(Br)s4)ccc2-3)sc1Br. The zero-order chi connectivity index (χ0) is 35.3. The molecule has 2 aromatic carbocycles. The van der Waals surface area contributed by atoms with Crippen LogP contribution in [0.1, 0.15) is 139 Å². The minimum absolute atomic E-state index is 0.171. The average Bonchev–Trinajstić information content (AvgIpc) is 3.79. The molecule has 0 unspecified atom stereocenters. The molecule has 0 saturated heterocycles. The number of hydrogen-bond acceptors (Lipinski definition) is 4. The van der Waals surface area contributed by atoms with Gasteiger partial charge >= 0.3 is 0 Å². The monoisotopic (exact) mass is 828 g/mol. The number of nitriles is 2. The van der Waals surface area contributed by atoms with Crippen LogP contribution in [0, 0.1) is 22.7 Å². The van der Waals surface area contributed by atoms with Crippen LogP contribution in [0.4, 0.5) is 0 Å². The van der Waals surface area contributed by atoms with Gasteiger partial charge in [-0.25, -0.2) is 0 Å². The fourth-order valence-electron chi connectivity index (χ4n) is 7.17. The molecule has 2 nitrogen and oxygen atoms in total. The van der Waals surface area contributed by atoms with E-state index in [1.165, 1.54) is 131 Å². The first kappa shape index (κ1) is 38.7. The Hall–Kier alpha value is -2.48. The third-order valence-corrected chi connectivity index (χ3v) is 14.0. The van der Waals surface area contributed by atoms with Crippen LogP contribution in [-0.2, 0) is 12.8 Å². The lowest BCUT2D eigenvalue weighted by atomic mass is 9.96. The van der Waals surface area contributed by atoms with Gasteiger partial charge < -0.3 is 0 Å². The van der Waals surface area contributed by atoms with Gasteiger partial charge in [-0.15, -0.1) is 22.7 Å². The van der Waals surface area contributed by atoms with Crippen LogP contribution >= 0.6 is 54.5 Å². The van der Waals surface area contributed by atoms with Gasteiger partial charge in [0.2, 0.25) is 0 Å². The highest BCUT2D eigenvalue weighted by Gasteiger charge is 2.28. The molecule has 0 N–H and O–H groups in total. The normalized spacial score (nSPS) is 11.8. The van der Waals surface area contributed by atoms with Crippen molar-refractivity contribution in [3.05, 3.63) is 83.9 Å². The highest BCUT2D eigenvalue weighted by molar-refractivity contribution is 9.11. The molecule has 0 atom stereocenters. The first-order valence-electron chi connectivity index (χ1n) is 18.9. The number of allylic oxidation sites excluding steroid dienone is 1. The molecule has 262 valence electrons. The lowest BCUT2D eigenvalue weighted by Gasteiger charge is -2.06. The van der Waals surface area contributed by atoms with E-state index in [9.17, 15) is 10.5 Å². The zero-order valence-electron chi connectivity index (χ0n) is 29.8. The Balaban J connectivity index is 1.30. The molecule has 0 saturated carbocycles. The summed E-state index contributed by atoms with van der Waals surface area (Å²) in [5.41, 5.74) is 10.1. The predicted octanol–water partition coefficient (Wildman–Crippen LogP) is 15.9. The third kappa shape index (κ3) is 9.89. The largest absolute Gasteiger partial charge is 0.192 e. The standard InChI is InChI=1S/C44H50Br2N2S2/c1-3-5-7-9-11-13-15-17-19-33-27-40(49-43(33)45)31-21-23-36-37-24-22-32(26-39(37)42(38(36)25-31)35(29-47)30-48)41-28-34(44(46)50-41)20-18-16-14-12-10-8-6-4-2/h21-28H,3-20H2,1-2H3. The van der Waals surface area contributed by atoms with E-state index in [2.05, 4.69) is 106 Å². The molecule has 2 aromatic heterocycles. The summed E-state index contributed by atoms with van der Waals surface area (Å²) in [5, 5.41) is 20.2. The van der Waals surface area contributed by atoms with Crippen molar-refractivity contribution in [2.45, 2.75) is 129 Å². The predicted molar refractivity (Wildman–Crippen MR) is 224 cm³/mol. The molecule has 0 bridgehead atoms. The summed E-state index contributed by atoms with van der Waals surface area (Å²) in [6.45, 7) is 4.54. The molecule has 0 fully saturated rings. The van der Waals surface area contributed by atoms with Gasteiger partial charge in [-0.3, -0.25) is 0 Å². The summed E-state index contributed by atoms with van der Waals surface area (Å²) in [6, 6.07) is 22.3. The van der Waals surface area contributed by atoms with Crippen molar-refractivity contribution < 1.29 is 0 Å². The maximum atomic E-state index is 10.1. The molecule has 6 heteroatoms. The van der Waals surface area contributed by atoms with E-state index in [0.717, 1.165) is 51.8 Å². The Morgan fingerprint density at radius 2 is 0.900 bits per heavy atom. The number of nitrogens with zero attached hydrogens (tertiary/aromatic N) is 2. The molecule has 0 spiro atoms. The number of hydrogen-bond donors (Lipinski definition) is 0. The van der Waals surface area contributed by atoms with Crippen molar-refractivity contribution in [3.63, 3.8) is 0 Å². The number of thiophene rings is 2. The summed E-state index contributed by atoms with van der Waals surface area (Å²) in [6.07, 6.45) is 23.3. The van der Waals surface area contributed by atoms with E-state index in [4.69, 9.17) is 0 Å². The van der Waals surface area contributed by atoms with Crippen molar-refractivity contribution in [2.75, 3.05) is 0 Å². The van der Waals surface area contributed by atoms with E-state index in [1.54, 1.807) is 22.7 Å². The highest BCUT2D eigenvalue weighted by atomic mass is 79.9. The number of fused-ring (bicyclic) bond motifs is 3. The Morgan fingerprint density at radius 1 is 0.520 bits per heavy atom. The molecule has 5 rings (SSSR count). The van der Waals surface area contributed by atoms with Gasteiger partial charge in [-0.1, -0.05) is 128 Å². The minimum atomic E-state index is 0.171. The number of benzene rings is 2. The molecule has 1 aliphatic rings. The van der Waals surface area contributed by atoms with E-state index >= 15 is 0 Å². The topological polar surface area (TPSA) is 47.6 Å². The van der Waals surface area contributed by atoms with E-state index in [1.807, 2.05) is 0 Å². The van der Waals surface area contributed by atoms with Crippen LogP contribution in [0.15, 0.2) is 61.7 Å². The van der Waals surface area contributed by atoms with Gasteiger partial charge in [-0.05, 0) is 126 Å². The minimum Gasteiger partial charge on any atom is -0.192 e. The van der Waals surface area contributed by atoms with Gasteiger partial charge in [0.05, 0.1) is 7.57 Å². The zero-order valence-corrected chi connectivity index (χ0v) is 34.6. The number of halogens is 2. The summed E-state index contributed by atoms with van der Waals surface area (Å²) in [7, 11) is 0. The average molecular weight is 831 g/mol. The van der Waals surface area contributed by atoms with Crippen molar-refractivity contribution in [3.8, 4) is 44.1 Å². The van der Waals surface area contributed by atoms with E-state index < -0.39 is 0 Å². The molecular weight excluding hydrogens is 780 g/mol. The van der Waals surface area contributed by atoms with Crippen LogP contribution < -0.4 is 0 Å². The molecule has 4 aromatic rings. The molecular formula is C44H50Br2N2S2. The van der Waals surface area contributed by atoms with Crippen LogP contribution in [-0.4, -0.2) is 0 Å². The van der Waals surface area contributed by atoms with Crippen LogP contribution in [0.5, 0.6) is 0 Å². The molecule has 0 aliphatic heterocycles. The first-order valence-corrected chi connectivity index (χ1v) is 22.1. The number of rotatable bonds is 20. The quantitative estimate of drug-likeness (QED) is 0.0579. The Bertz CT molecular complexity index is 1720. The Morgan fingerprint density at radius 3 is 1.28 bits per heavy atom. The first-order chi connectivity index (χ1) is 24.5. The van der Waals surface area contributed by atoms with Gasteiger partial charge in [0, 0.05) is 15.3 Å². The number of aryl methyl sites for hydroxylation is 2. The third-order valence-electron chi connectivity index (χ3n) is 10.0. The molecule has 50 heavy (non-hydrogen) atoms. The van der Waals surface area contributed by atoms with Crippen molar-refractivity contribution >= 4 is 60.1 Å². The molecule has 0 amide bonds. The fraction of sp³-hybridized carbons (Fsp3) is 0.455. The second-order valence-corrected chi connectivity index (χ2v) is 18.5. The molecule has 1 aliphatic carbocycles. The second-order valence-electron chi connectivity index (χ2n) is 13.8. The lowest BCUT2D eigenvalue weighted by molar-refractivity contribution is 0.575. The fourth-order valence-corrected chi connectivity index (χ4v) is 10.7. The molecule has 2 heterocycles. The van der Waals surface area contributed by atoms with Gasteiger partial charge in [0.25, 0.3) is 0 Å². The highest BCUT2D eigenvalue weighted by Crippen LogP contribution is 2.49. The van der Waals surface area contributed by atoms with Crippen LogP contribution in [0.3, 0.4) is 0 Å². The van der Waals surface area contributed by atoms with E-state index in [0.29, 0.717) is 0 Å². The number of unbranched alkanes of at least 4 members (excludes halogenated alkanes) is 14. The smallest absolute Gasteiger partial charge is 0.138 e. The van der Waals surface area contributed by atoms with Gasteiger partial charge in [0.1, 0.15) is 17.7 Å². The summed E-state index contributed by atoms with van der Waals surface area (Å²) >= 11 is 11.3. The van der Waals surface area contributed by atoms with Crippen molar-refractivity contribution in [1.29, 1.82) is 10.5 Å². The Kier molecular flexibility index (Phi) is 15.5. The molecule has 0 radical (unpaired) electrons. The van der Waals surface area contributed by atoms with Gasteiger partial charge in [-0.2, -0.15) is 10.5 Å². The van der Waals surface area contributed by atoms with Crippen molar-refractivity contribution in [2.24, 2.45) is 0 Å². The Labute approximate surface area is 325 Å². The second kappa shape index (κ2) is 19.9. The summed E-state index contributed by atoms with van der Waals surface area (Å²) in [4.78, 5) is 2.43.